The van der Waals surface area contributed by atoms with Gasteiger partial charge in [-0.25, -0.2) is 4.98 Å². The molecule has 1 aromatic heterocycles. The van der Waals surface area contributed by atoms with Crippen LogP contribution in [0, 0.1) is 0 Å². The van der Waals surface area contributed by atoms with Gasteiger partial charge in [-0.15, -0.1) is 0 Å². The van der Waals surface area contributed by atoms with Gasteiger partial charge in [0.1, 0.15) is 11.9 Å². The number of rotatable bonds is 3. The van der Waals surface area contributed by atoms with Crippen molar-refractivity contribution >= 4 is 17.4 Å². The predicted octanol–water partition coefficient (Wildman–Crippen LogP) is 0.463. The molecule has 1 aliphatic rings. The van der Waals surface area contributed by atoms with Gasteiger partial charge in [-0.2, -0.15) is 0 Å². The maximum atomic E-state index is 12.1. The van der Waals surface area contributed by atoms with Gasteiger partial charge in [-0.05, 0) is 19.1 Å². The van der Waals surface area contributed by atoms with E-state index in [-0.39, 0.29) is 18.1 Å². The molecule has 2 atom stereocenters. The van der Waals surface area contributed by atoms with E-state index in [0.717, 1.165) is 5.69 Å². The minimum Gasteiger partial charge on any atom is -0.376 e. The summed E-state index contributed by atoms with van der Waals surface area (Å²) in [5.74, 6) is 0.437. The molecule has 19 heavy (non-hydrogen) atoms. The Balaban J connectivity index is 1.98. The number of morpholine rings is 1. The van der Waals surface area contributed by atoms with Crippen molar-refractivity contribution < 1.29 is 9.53 Å². The van der Waals surface area contributed by atoms with Crippen LogP contribution in [0.15, 0.2) is 18.3 Å². The first-order chi connectivity index (χ1) is 9.08. The number of nitrogens with one attached hydrogen (secondary N) is 2. The minimum absolute atomic E-state index is 0.114. The molecule has 6 nitrogen and oxygen atoms in total. The zero-order valence-corrected chi connectivity index (χ0v) is 11.5. The molecule has 1 amide bonds. The average molecular weight is 264 g/mol. The summed E-state index contributed by atoms with van der Waals surface area (Å²) in [6.07, 6.45) is 1.60. The first-order valence-electron chi connectivity index (χ1n) is 6.37. The number of anilines is 2. The molecule has 2 heterocycles. The van der Waals surface area contributed by atoms with Crippen molar-refractivity contribution in [2.75, 3.05) is 37.5 Å². The Morgan fingerprint density at radius 3 is 2.89 bits per heavy atom. The number of amides is 1. The van der Waals surface area contributed by atoms with E-state index in [1.807, 2.05) is 32.0 Å². The predicted molar refractivity (Wildman–Crippen MR) is 74.4 cm³/mol. The summed E-state index contributed by atoms with van der Waals surface area (Å²) in [4.78, 5) is 18.3. The minimum atomic E-state index is -0.330. The Kier molecular flexibility index (Phi) is 4.34. The largest absolute Gasteiger partial charge is 0.376 e. The fourth-order valence-electron chi connectivity index (χ4n) is 1.96. The van der Waals surface area contributed by atoms with Crippen molar-refractivity contribution in [2.45, 2.75) is 19.1 Å². The van der Waals surface area contributed by atoms with Gasteiger partial charge >= 0.3 is 0 Å². The second kappa shape index (κ2) is 5.99. The van der Waals surface area contributed by atoms with E-state index >= 15 is 0 Å². The highest BCUT2D eigenvalue weighted by atomic mass is 16.5. The van der Waals surface area contributed by atoms with Crippen molar-refractivity contribution in [3.63, 3.8) is 0 Å². The van der Waals surface area contributed by atoms with Crippen LogP contribution in [0.25, 0.3) is 0 Å². The molecule has 1 fully saturated rings. The number of nitrogens with zero attached hydrogens (tertiary/aromatic N) is 2. The summed E-state index contributed by atoms with van der Waals surface area (Å²) >= 11 is 0. The van der Waals surface area contributed by atoms with Crippen LogP contribution in [0.3, 0.4) is 0 Å². The number of carbonyl (C=O) groups excluding carboxylic acids is 1. The van der Waals surface area contributed by atoms with Crippen LogP contribution in [0.5, 0.6) is 0 Å². The van der Waals surface area contributed by atoms with Gasteiger partial charge in [0.2, 0.25) is 5.91 Å². The number of aromatic nitrogens is 1. The van der Waals surface area contributed by atoms with Crippen LogP contribution in [-0.4, -0.2) is 50.3 Å². The molecule has 0 aliphatic carbocycles. The highest BCUT2D eigenvalue weighted by Crippen LogP contribution is 2.13. The monoisotopic (exact) mass is 264 g/mol. The van der Waals surface area contributed by atoms with Crippen molar-refractivity contribution in [3.05, 3.63) is 18.3 Å². The van der Waals surface area contributed by atoms with Crippen LogP contribution in [0.1, 0.15) is 6.92 Å². The zero-order chi connectivity index (χ0) is 13.8. The van der Waals surface area contributed by atoms with Gasteiger partial charge in [-0.3, -0.25) is 4.79 Å². The molecule has 1 saturated heterocycles. The lowest BCUT2D eigenvalue weighted by molar-refractivity contribution is -0.123. The SMILES string of the molecule is C[C@H]1OCCN[C@@H]1C(=O)Nc1ccc(N(C)C)cn1. The molecule has 104 valence electrons. The maximum Gasteiger partial charge on any atom is 0.245 e. The van der Waals surface area contributed by atoms with E-state index in [0.29, 0.717) is 19.0 Å². The fraction of sp³-hybridized carbons (Fsp3) is 0.538. The van der Waals surface area contributed by atoms with E-state index in [9.17, 15) is 4.79 Å². The van der Waals surface area contributed by atoms with Gasteiger partial charge in [0, 0.05) is 20.6 Å². The highest BCUT2D eigenvalue weighted by molar-refractivity contribution is 5.94. The molecule has 0 spiro atoms. The van der Waals surface area contributed by atoms with Gasteiger partial charge < -0.3 is 20.3 Å². The van der Waals surface area contributed by atoms with Crippen LogP contribution in [0.4, 0.5) is 11.5 Å². The Morgan fingerprint density at radius 2 is 2.32 bits per heavy atom. The molecule has 0 unspecified atom stereocenters. The first kappa shape index (κ1) is 13.8. The van der Waals surface area contributed by atoms with Crippen LogP contribution < -0.4 is 15.5 Å². The van der Waals surface area contributed by atoms with Gasteiger partial charge in [-0.1, -0.05) is 0 Å². The highest BCUT2D eigenvalue weighted by Gasteiger charge is 2.28. The lowest BCUT2D eigenvalue weighted by Crippen LogP contribution is -2.53. The molecule has 0 saturated carbocycles. The Hall–Kier alpha value is -1.66. The third kappa shape index (κ3) is 3.42. The molecule has 0 aromatic carbocycles. The lowest BCUT2D eigenvalue weighted by atomic mass is 10.1. The van der Waals surface area contributed by atoms with E-state index in [2.05, 4.69) is 15.6 Å². The smallest absolute Gasteiger partial charge is 0.245 e. The van der Waals surface area contributed by atoms with Gasteiger partial charge in [0.15, 0.2) is 0 Å². The van der Waals surface area contributed by atoms with E-state index in [1.54, 1.807) is 12.3 Å². The number of carbonyl (C=O) groups is 1. The maximum absolute atomic E-state index is 12.1. The third-order valence-electron chi connectivity index (χ3n) is 3.11. The van der Waals surface area contributed by atoms with Crippen molar-refractivity contribution in [2.24, 2.45) is 0 Å². The summed E-state index contributed by atoms with van der Waals surface area (Å²) in [7, 11) is 3.89. The molecule has 0 radical (unpaired) electrons. The molecular weight excluding hydrogens is 244 g/mol. The van der Waals surface area contributed by atoms with E-state index < -0.39 is 0 Å². The number of pyridine rings is 1. The van der Waals surface area contributed by atoms with E-state index in [4.69, 9.17) is 4.74 Å². The van der Waals surface area contributed by atoms with Crippen molar-refractivity contribution in [1.29, 1.82) is 0 Å². The third-order valence-corrected chi connectivity index (χ3v) is 3.11. The zero-order valence-electron chi connectivity index (χ0n) is 11.5. The van der Waals surface area contributed by atoms with Crippen molar-refractivity contribution in [1.82, 2.24) is 10.3 Å². The molecule has 6 heteroatoms. The topological polar surface area (TPSA) is 66.5 Å². The van der Waals surface area contributed by atoms with Crippen molar-refractivity contribution in [3.8, 4) is 0 Å². The molecule has 2 rings (SSSR count). The fourth-order valence-corrected chi connectivity index (χ4v) is 1.96. The quantitative estimate of drug-likeness (QED) is 0.830. The molecular formula is C13H20N4O2. The number of ether oxygens (including phenoxy) is 1. The van der Waals surface area contributed by atoms with Crippen LogP contribution >= 0.6 is 0 Å². The second-order valence-corrected chi connectivity index (χ2v) is 4.79. The number of hydrogen-bond donors (Lipinski definition) is 2. The normalized spacial score (nSPS) is 22.9. The first-order valence-corrected chi connectivity index (χ1v) is 6.37. The Labute approximate surface area is 113 Å². The standard InChI is InChI=1S/C13H20N4O2/c1-9-12(14-6-7-19-9)13(18)16-11-5-4-10(8-15-11)17(2)3/h4-5,8-9,12,14H,6-7H2,1-3H3,(H,15,16,18)/t9-,12+/m1/s1. The summed E-state index contributed by atoms with van der Waals surface area (Å²) in [5.41, 5.74) is 0.991. The average Bonchev–Trinajstić information content (AvgIpc) is 2.39. The summed E-state index contributed by atoms with van der Waals surface area (Å²) in [6, 6.07) is 3.38. The lowest BCUT2D eigenvalue weighted by Gasteiger charge is -2.29. The molecule has 0 bridgehead atoms. The van der Waals surface area contributed by atoms with Gasteiger partial charge in [0.25, 0.3) is 0 Å². The van der Waals surface area contributed by atoms with Gasteiger partial charge in [0.05, 0.1) is 24.6 Å². The Bertz CT molecular complexity index is 433. The Morgan fingerprint density at radius 1 is 1.53 bits per heavy atom. The summed E-state index contributed by atoms with van der Waals surface area (Å²) in [5, 5.41) is 5.94. The van der Waals surface area contributed by atoms with Crippen LogP contribution in [-0.2, 0) is 9.53 Å². The summed E-state index contributed by atoms with van der Waals surface area (Å²) in [6.45, 7) is 3.22. The second-order valence-electron chi connectivity index (χ2n) is 4.79. The molecule has 1 aromatic rings. The molecule has 2 N–H and O–H groups in total. The van der Waals surface area contributed by atoms with E-state index in [1.165, 1.54) is 0 Å². The number of hydrogen-bond acceptors (Lipinski definition) is 5. The van der Waals surface area contributed by atoms with Crippen LogP contribution in [0.2, 0.25) is 0 Å². The molecule has 1 aliphatic heterocycles. The summed E-state index contributed by atoms with van der Waals surface area (Å²) < 4.78 is 5.45.